The first-order chi connectivity index (χ1) is 13.9. The first-order valence-corrected chi connectivity index (χ1v) is 9.79. The highest BCUT2D eigenvalue weighted by Crippen LogP contribution is 2.59. The van der Waals surface area contributed by atoms with Crippen LogP contribution in [-0.2, 0) is 5.41 Å². The standard InChI is InChI=1S/C25H20N3/c1-2-6-21-20(5-1)23-17-25(18-8-12-26-13-9-18,19-10-14-27-15-11-19)24(21)22-7-3-4-16-28(22)23/h1-16,23-24H,17H2/q+1/t23-,24+/m1/s1. The van der Waals surface area contributed by atoms with Crippen LogP contribution in [-0.4, -0.2) is 9.97 Å². The zero-order valence-corrected chi connectivity index (χ0v) is 15.4. The molecule has 0 spiro atoms. The molecule has 2 atom stereocenters. The van der Waals surface area contributed by atoms with Gasteiger partial charge in [-0.05, 0) is 41.0 Å². The molecular weight excluding hydrogens is 342 g/mol. The fraction of sp³-hybridized carbons (Fsp3) is 0.160. The van der Waals surface area contributed by atoms with E-state index in [0.29, 0.717) is 6.04 Å². The maximum absolute atomic E-state index is 4.30. The monoisotopic (exact) mass is 362 g/mol. The average Bonchev–Trinajstić information content (AvgIpc) is 2.80. The van der Waals surface area contributed by atoms with Crippen LogP contribution in [0.25, 0.3) is 0 Å². The summed E-state index contributed by atoms with van der Waals surface area (Å²) in [4.78, 5) is 8.60. The van der Waals surface area contributed by atoms with Gasteiger partial charge in [-0.25, -0.2) is 0 Å². The Morgan fingerprint density at radius 3 is 2.00 bits per heavy atom. The van der Waals surface area contributed by atoms with Crippen molar-refractivity contribution in [3.05, 3.63) is 126 Å². The van der Waals surface area contributed by atoms with Crippen molar-refractivity contribution in [2.24, 2.45) is 0 Å². The third kappa shape index (κ3) is 1.96. The third-order valence-electron chi connectivity index (χ3n) is 6.62. The smallest absolute Gasteiger partial charge is 0.190 e. The molecule has 3 nitrogen and oxygen atoms in total. The number of benzene rings is 1. The summed E-state index contributed by atoms with van der Waals surface area (Å²) < 4.78 is 2.48. The Balaban J connectivity index is 1.73. The van der Waals surface area contributed by atoms with Gasteiger partial charge in [0.25, 0.3) is 0 Å². The van der Waals surface area contributed by atoms with Gasteiger partial charge in [0.15, 0.2) is 17.9 Å². The topological polar surface area (TPSA) is 29.7 Å². The zero-order chi connectivity index (χ0) is 18.6. The number of fused-ring (bicyclic) bond motifs is 1. The van der Waals surface area contributed by atoms with Gasteiger partial charge in [-0.3, -0.25) is 9.97 Å². The predicted molar refractivity (Wildman–Crippen MR) is 107 cm³/mol. The van der Waals surface area contributed by atoms with Crippen molar-refractivity contribution >= 4 is 0 Å². The molecule has 1 aromatic carbocycles. The molecule has 28 heavy (non-hydrogen) atoms. The van der Waals surface area contributed by atoms with Crippen LogP contribution in [0.3, 0.4) is 0 Å². The maximum Gasteiger partial charge on any atom is 0.190 e. The van der Waals surface area contributed by atoms with Crippen molar-refractivity contribution in [3.8, 4) is 0 Å². The predicted octanol–water partition coefficient (Wildman–Crippen LogP) is 4.19. The van der Waals surface area contributed by atoms with Crippen LogP contribution >= 0.6 is 0 Å². The highest BCUT2D eigenvalue weighted by atomic mass is 15.0. The summed E-state index contributed by atoms with van der Waals surface area (Å²) in [5.41, 5.74) is 6.80. The van der Waals surface area contributed by atoms with Crippen LogP contribution in [0.5, 0.6) is 0 Å². The summed E-state index contributed by atoms with van der Waals surface area (Å²) in [6, 6.07) is 24.7. The van der Waals surface area contributed by atoms with Crippen molar-refractivity contribution < 1.29 is 4.57 Å². The van der Waals surface area contributed by atoms with Gasteiger partial charge in [0.05, 0.1) is 5.92 Å². The van der Waals surface area contributed by atoms with E-state index in [-0.39, 0.29) is 11.3 Å². The van der Waals surface area contributed by atoms with Gasteiger partial charge in [0.2, 0.25) is 0 Å². The Hall–Kier alpha value is -3.33. The van der Waals surface area contributed by atoms with Crippen LogP contribution in [0.15, 0.2) is 97.7 Å². The largest absolute Gasteiger partial charge is 0.265 e. The van der Waals surface area contributed by atoms with Gasteiger partial charge >= 0.3 is 0 Å². The minimum absolute atomic E-state index is 0.133. The van der Waals surface area contributed by atoms with E-state index in [9.17, 15) is 0 Å². The van der Waals surface area contributed by atoms with Crippen LogP contribution in [0.4, 0.5) is 0 Å². The normalized spacial score (nSPS) is 21.0. The molecule has 3 heteroatoms. The van der Waals surface area contributed by atoms with Gasteiger partial charge < -0.3 is 0 Å². The van der Waals surface area contributed by atoms with Crippen LogP contribution < -0.4 is 4.57 Å². The molecule has 0 fully saturated rings. The molecule has 0 saturated carbocycles. The van der Waals surface area contributed by atoms with Crippen molar-refractivity contribution in [2.45, 2.75) is 23.8 Å². The second kappa shape index (κ2) is 5.83. The second-order valence-corrected chi connectivity index (χ2v) is 7.76. The molecule has 0 radical (unpaired) electrons. The lowest BCUT2D eigenvalue weighted by atomic mass is 9.53. The summed E-state index contributed by atoms with van der Waals surface area (Å²) >= 11 is 0. The van der Waals surface area contributed by atoms with Gasteiger partial charge in [-0.15, -0.1) is 0 Å². The molecule has 2 bridgehead atoms. The van der Waals surface area contributed by atoms with Crippen LogP contribution in [0.2, 0.25) is 0 Å². The molecule has 0 saturated heterocycles. The quantitative estimate of drug-likeness (QED) is 0.501. The molecule has 3 aliphatic rings. The molecule has 5 heterocycles. The van der Waals surface area contributed by atoms with Gasteiger partial charge in [0, 0.05) is 54.3 Å². The van der Waals surface area contributed by atoms with Crippen molar-refractivity contribution in [2.75, 3.05) is 0 Å². The Morgan fingerprint density at radius 2 is 1.32 bits per heavy atom. The highest BCUT2D eigenvalue weighted by molar-refractivity contribution is 5.54. The number of hydrogen-bond donors (Lipinski definition) is 0. The SMILES string of the molecule is c1ccc2c(c1)[C@H]1c3cccc[n+]3[C@@H]2CC1(c1ccncc1)c1ccncc1. The van der Waals surface area contributed by atoms with Gasteiger partial charge in [-0.2, -0.15) is 4.57 Å². The molecule has 0 N–H and O–H groups in total. The van der Waals surface area contributed by atoms with Gasteiger partial charge in [0.1, 0.15) is 0 Å². The van der Waals surface area contributed by atoms with E-state index in [1.807, 2.05) is 24.8 Å². The zero-order valence-electron chi connectivity index (χ0n) is 15.4. The number of rotatable bonds is 2. The fourth-order valence-corrected chi connectivity index (χ4v) is 5.57. The van der Waals surface area contributed by atoms with Crippen molar-refractivity contribution in [1.29, 1.82) is 0 Å². The minimum Gasteiger partial charge on any atom is -0.265 e. The minimum atomic E-state index is -0.133. The first kappa shape index (κ1) is 15.7. The van der Waals surface area contributed by atoms with Crippen LogP contribution in [0.1, 0.15) is 46.3 Å². The summed E-state index contributed by atoms with van der Waals surface area (Å²) in [6.07, 6.45) is 11.0. The lowest BCUT2D eigenvalue weighted by Crippen LogP contribution is -2.60. The van der Waals surface area contributed by atoms with E-state index < -0.39 is 0 Å². The second-order valence-electron chi connectivity index (χ2n) is 7.76. The summed E-state index contributed by atoms with van der Waals surface area (Å²) in [6.45, 7) is 0. The third-order valence-corrected chi connectivity index (χ3v) is 6.62. The Bertz CT molecular complexity index is 1070. The molecule has 2 aliphatic heterocycles. The molecule has 3 aromatic heterocycles. The molecule has 134 valence electrons. The van der Waals surface area contributed by atoms with Crippen LogP contribution in [0, 0.1) is 0 Å². The number of pyridine rings is 3. The van der Waals surface area contributed by atoms with E-state index in [0.717, 1.165) is 6.42 Å². The number of hydrogen-bond acceptors (Lipinski definition) is 2. The van der Waals surface area contributed by atoms with Crippen molar-refractivity contribution in [1.82, 2.24) is 9.97 Å². The lowest BCUT2D eigenvalue weighted by molar-refractivity contribution is -0.732. The van der Waals surface area contributed by atoms with Gasteiger partial charge in [-0.1, -0.05) is 30.3 Å². The average molecular weight is 362 g/mol. The first-order valence-electron chi connectivity index (χ1n) is 9.79. The Morgan fingerprint density at radius 1 is 0.714 bits per heavy atom. The maximum atomic E-state index is 4.30. The molecule has 7 rings (SSSR count). The summed E-state index contributed by atoms with van der Waals surface area (Å²) in [5.74, 6) is 0.250. The molecule has 1 aliphatic carbocycles. The van der Waals surface area contributed by atoms with E-state index in [4.69, 9.17) is 0 Å². The Labute approximate surface area is 164 Å². The lowest BCUT2D eigenvalue weighted by Gasteiger charge is -2.49. The molecule has 4 aromatic rings. The summed E-state index contributed by atoms with van der Waals surface area (Å²) in [5, 5.41) is 0. The van der Waals surface area contributed by atoms with E-state index >= 15 is 0 Å². The highest BCUT2D eigenvalue weighted by Gasteiger charge is 2.59. The fourth-order valence-electron chi connectivity index (χ4n) is 5.57. The van der Waals surface area contributed by atoms with E-state index in [1.165, 1.54) is 27.9 Å². The Kier molecular flexibility index (Phi) is 3.27. The van der Waals surface area contributed by atoms with Crippen molar-refractivity contribution in [3.63, 3.8) is 0 Å². The van der Waals surface area contributed by atoms with E-state index in [1.54, 1.807) is 0 Å². The summed E-state index contributed by atoms with van der Waals surface area (Å²) in [7, 11) is 0. The molecular formula is C25H20N3+. The van der Waals surface area contributed by atoms with E-state index in [2.05, 4.69) is 87.5 Å². The molecule has 0 unspecified atom stereocenters. The number of nitrogens with zero attached hydrogens (tertiary/aromatic N) is 3. The molecule has 0 amide bonds. The number of aromatic nitrogens is 3.